The van der Waals surface area contributed by atoms with Crippen molar-refractivity contribution in [3.05, 3.63) is 15.6 Å². The average molecular weight is 356 g/mol. The highest BCUT2D eigenvalue weighted by Crippen LogP contribution is 2.19. The molecule has 0 saturated carbocycles. The summed E-state index contributed by atoms with van der Waals surface area (Å²) in [5.41, 5.74) is 7.01. The second-order valence-electron chi connectivity index (χ2n) is 4.93. The quantitative estimate of drug-likeness (QED) is 0.865. The molecule has 122 valence electrons. The van der Waals surface area contributed by atoms with Gasteiger partial charge in [-0.15, -0.1) is 36.2 Å². The SMILES string of the molecule is Cc1nc(C)c(CNC(=O)C(N)C2CCOCC2)s1.Cl.Cl. The molecule has 1 aromatic heterocycles. The fraction of sp³-hybridized carbons (Fsp3) is 0.692. The maximum absolute atomic E-state index is 12.0. The number of thiazole rings is 1. The third-order valence-corrected chi connectivity index (χ3v) is 4.57. The number of hydrogen-bond acceptors (Lipinski definition) is 5. The van der Waals surface area contributed by atoms with Gasteiger partial charge in [0, 0.05) is 18.1 Å². The summed E-state index contributed by atoms with van der Waals surface area (Å²) in [6, 6.07) is -0.432. The molecule has 2 rings (SSSR count). The summed E-state index contributed by atoms with van der Waals surface area (Å²) in [7, 11) is 0. The molecule has 0 radical (unpaired) electrons. The van der Waals surface area contributed by atoms with Gasteiger partial charge in [0.15, 0.2) is 0 Å². The molecular formula is C13H23Cl2N3O2S. The van der Waals surface area contributed by atoms with Crippen LogP contribution in [-0.2, 0) is 16.1 Å². The van der Waals surface area contributed by atoms with Gasteiger partial charge in [0.05, 0.1) is 23.3 Å². The van der Waals surface area contributed by atoms with E-state index in [-0.39, 0.29) is 36.6 Å². The van der Waals surface area contributed by atoms with Crippen LogP contribution in [-0.4, -0.2) is 30.1 Å². The third kappa shape index (κ3) is 5.71. The predicted molar refractivity (Wildman–Crippen MR) is 89.4 cm³/mol. The zero-order valence-corrected chi connectivity index (χ0v) is 14.7. The maximum atomic E-state index is 12.0. The lowest BCUT2D eigenvalue weighted by molar-refractivity contribution is -0.124. The van der Waals surface area contributed by atoms with Crippen LogP contribution < -0.4 is 11.1 Å². The van der Waals surface area contributed by atoms with Crippen LogP contribution in [0.15, 0.2) is 0 Å². The van der Waals surface area contributed by atoms with Crippen molar-refractivity contribution in [2.24, 2.45) is 11.7 Å². The van der Waals surface area contributed by atoms with E-state index in [0.29, 0.717) is 19.8 Å². The van der Waals surface area contributed by atoms with E-state index in [0.717, 1.165) is 28.4 Å². The van der Waals surface area contributed by atoms with Gasteiger partial charge in [-0.3, -0.25) is 4.79 Å². The van der Waals surface area contributed by atoms with Crippen LogP contribution in [0.5, 0.6) is 0 Å². The van der Waals surface area contributed by atoms with Crippen molar-refractivity contribution in [2.75, 3.05) is 13.2 Å². The molecule has 0 spiro atoms. The third-order valence-electron chi connectivity index (χ3n) is 3.50. The number of aryl methyl sites for hydroxylation is 2. The first-order valence-electron chi connectivity index (χ1n) is 6.62. The predicted octanol–water partition coefficient (Wildman–Crippen LogP) is 1.97. The van der Waals surface area contributed by atoms with Crippen LogP contribution in [0, 0.1) is 19.8 Å². The zero-order valence-electron chi connectivity index (χ0n) is 12.3. The highest BCUT2D eigenvalue weighted by molar-refractivity contribution is 7.11. The molecule has 0 aliphatic carbocycles. The summed E-state index contributed by atoms with van der Waals surface area (Å²) < 4.78 is 5.28. The fourth-order valence-electron chi connectivity index (χ4n) is 2.31. The first kappa shape index (κ1) is 20.6. The van der Waals surface area contributed by atoms with Gasteiger partial charge < -0.3 is 15.8 Å². The lowest BCUT2D eigenvalue weighted by atomic mass is 9.92. The topological polar surface area (TPSA) is 77.2 Å². The maximum Gasteiger partial charge on any atom is 0.237 e. The average Bonchev–Trinajstić information content (AvgIpc) is 2.74. The van der Waals surface area contributed by atoms with Gasteiger partial charge in [-0.05, 0) is 32.6 Å². The molecule has 3 N–H and O–H groups in total. The van der Waals surface area contributed by atoms with Crippen molar-refractivity contribution in [3.8, 4) is 0 Å². The smallest absolute Gasteiger partial charge is 0.237 e. The van der Waals surface area contributed by atoms with Crippen LogP contribution in [0.25, 0.3) is 0 Å². The van der Waals surface area contributed by atoms with Gasteiger partial charge in [0.25, 0.3) is 0 Å². The number of amides is 1. The Morgan fingerprint density at radius 2 is 2.05 bits per heavy atom. The molecule has 2 heterocycles. The molecule has 1 atom stereocenters. The first-order chi connectivity index (χ1) is 9.08. The van der Waals surface area contributed by atoms with E-state index in [9.17, 15) is 4.79 Å². The number of carbonyl (C=O) groups excluding carboxylic acids is 1. The van der Waals surface area contributed by atoms with Crippen molar-refractivity contribution in [1.82, 2.24) is 10.3 Å². The molecule has 1 aliphatic heterocycles. The first-order valence-corrected chi connectivity index (χ1v) is 7.43. The van der Waals surface area contributed by atoms with Crippen molar-refractivity contribution in [1.29, 1.82) is 0 Å². The normalized spacial score (nSPS) is 16.5. The van der Waals surface area contributed by atoms with Gasteiger partial charge >= 0.3 is 0 Å². The van der Waals surface area contributed by atoms with Crippen molar-refractivity contribution < 1.29 is 9.53 Å². The monoisotopic (exact) mass is 355 g/mol. The number of nitrogens with one attached hydrogen (secondary N) is 1. The summed E-state index contributed by atoms with van der Waals surface area (Å²) in [6.45, 7) is 5.87. The van der Waals surface area contributed by atoms with E-state index in [4.69, 9.17) is 10.5 Å². The Labute approximate surface area is 141 Å². The Hall–Kier alpha value is -0.400. The highest BCUT2D eigenvalue weighted by atomic mass is 35.5. The summed E-state index contributed by atoms with van der Waals surface area (Å²) in [4.78, 5) is 17.5. The number of rotatable bonds is 4. The van der Waals surface area contributed by atoms with Crippen molar-refractivity contribution >= 4 is 42.1 Å². The standard InChI is InChI=1S/C13H21N3O2S.2ClH/c1-8-11(19-9(2)16-8)7-15-13(17)12(14)10-3-5-18-6-4-10;;/h10,12H,3-7,14H2,1-2H3,(H,15,17);2*1H. The second kappa shape index (κ2) is 9.58. The number of carbonyl (C=O) groups is 1. The Kier molecular flexibility index (Phi) is 9.40. The van der Waals surface area contributed by atoms with E-state index in [1.54, 1.807) is 11.3 Å². The molecule has 0 aromatic carbocycles. The molecular weight excluding hydrogens is 333 g/mol. The number of nitrogens with zero attached hydrogens (tertiary/aromatic N) is 1. The molecule has 1 aliphatic rings. The van der Waals surface area contributed by atoms with Gasteiger partial charge in [0.1, 0.15) is 0 Å². The fourth-order valence-corrected chi connectivity index (χ4v) is 3.19. The minimum Gasteiger partial charge on any atom is -0.381 e. The van der Waals surface area contributed by atoms with Gasteiger partial charge in [-0.2, -0.15) is 0 Å². The number of halogens is 2. The summed E-state index contributed by atoms with van der Waals surface area (Å²) >= 11 is 1.62. The number of aromatic nitrogens is 1. The molecule has 21 heavy (non-hydrogen) atoms. The van der Waals surface area contributed by atoms with Crippen LogP contribution in [0.2, 0.25) is 0 Å². The van der Waals surface area contributed by atoms with E-state index in [1.807, 2.05) is 13.8 Å². The van der Waals surface area contributed by atoms with Gasteiger partial charge in [-0.1, -0.05) is 0 Å². The molecule has 1 aromatic rings. The largest absolute Gasteiger partial charge is 0.381 e. The van der Waals surface area contributed by atoms with E-state index in [2.05, 4.69) is 10.3 Å². The highest BCUT2D eigenvalue weighted by Gasteiger charge is 2.26. The van der Waals surface area contributed by atoms with Gasteiger partial charge in [-0.25, -0.2) is 4.98 Å². The lowest BCUT2D eigenvalue weighted by Crippen LogP contribution is -2.46. The second-order valence-corrected chi connectivity index (χ2v) is 6.22. The molecule has 1 unspecified atom stereocenters. The Bertz CT molecular complexity index is 451. The number of hydrogen-bond donors (Lipinski definition) is 2. The molecule has 1 fully saturated rings. The summed E-state index contributed by atoms with van der Waals surface area (Å²) in [5, 5.41) is 3.94. The molecule has 5 nitrogen and oxygen atoms in total. The van der Waals surface area contributed by atoms with E-state index < -0.39 is 6.04 Å². The molecule has 1 saturated heterocycles. The molecule has 1 amide bonds. The van der Waals surface area contributed by atoms with Crippen molar-refractivity contribution in [3.63, 3.8) is 0 Å². The lowest BCUT2D eigenvalue weighted by Gasteiger charge is -2.26. The molecule has 8 heteroatoms. The Morgan fingerprint density at radius 3 is 2.57 bits per heavy atom. The summed E-state index contributed by atoms with van der Waals surface area (Å²) in [6.07, 6.45) is 1.74. The van der Waals surface area contributed by atoms with Crippen LogP contribution in [0.3, 0.4) is 0 Å². The van der Waals surface area contributed by atoms with Gasteiger partial charge in [0.2, 0.25) is 5.91 Å². The summed E-state index contributed by atoms with van der Waals surface area (Å²) in [5.74, 6) is 0.162. The Balaban J connectivity index is 0.00000200. The van der Waals surface area contributed by atoms with Crippen molar-refractivity contribution in [2.45, 2.75) is 39.3 Å². The van der Waals surface area contributed by atoms with Crippen LogP contribution >= 0.6 is 36.2 Å². The Morgan fingerprint density at radius 1 is 1.43 bits per heavy atom. The zero-order chi connectivity index (χ0) is 13.8. The molecule has 0 bridgehead atoms. The number of nitrogens with two attached hydrogens (primary N) is 1. The van der Waals surface area contributed by atoms with E-state index in [1.165, 1.54) is 0 Å². The number of ether oxygens (including phenoxy) is 1. The van der Waals surface area contributed by atoms with Crippen LogP contribution in [0.1, 0.15) is 28.4 Å². The van der Waals surface area contributed by atoms with Crippen LogP contribution in [0.4, 0.5) is 0 Å². The minimum atomic E-state index is -0.432. The minimum absolute atomic E-state index is 0. The van der Waals surface area contributed by atoms with E-state index >= 15 is 0 Å².